The lowest BCUT2D eigenvalue weighted by atomic mass is 10.1. The molecule has 0 radical (unpaired) electrons. The Bertz CT molecular complexity index is 477. The number of rotatable bonds is 3. The molecule has 2 aromatic rings. The summed E-state index contributed by atoms with van der Waals surface area (Å²) in [6.07, 6.45) is 6.48. The van der Waals surface area contributed by atoms with Crippen molar-refractivity contribution >= 4 is 17.0 Å². The van der Waals surface area contributed by atoms with Crippen molar-refractivity contribution in [2.24, 2.45) is 0 Å². The summed E-state index contributed by atoms with van der Waals surface area (Å²) in [5.41, 5.74) is 2.15. The summed E-state index contributed by atoms with van der Waals surface area (Å²) in [6, 6.07) is 10.1. The number of aliphatic hydroxyl groups is 1. The maximum atomic E-state index is 8.65. The molecule has 0 fully saturated rings. The van der Waals surface area contributed by atoms with Gasteiger partial charge >= 0.3 is 0 Å². The van der Waals surface area contributed by atoms with Crippen LogP contribution in [0.25, 0.3) is 17.0 Å². The molecule has 0 spiro atoms. The van der Waals surface area contributed by atoms with E-state index < -0.39 is 0 Å². The fraction of sp³-hybridized carbons (Fsp3) is 0.154. The smallest absolute Gasteiger partial charge is 0.0702 e. The van der Waals surface area contributed by atoms with Gasteiger partial charge in [-0.15, -0.1) is 0 Å². The molecular formula is C13H13NO. The summed E-state index contributed by atoms with van der Waals surface area (Å²) >= 11 is 0. The highest BCUT2D eigenvalue weighted by molar-refractivity contribution is 5.80. The highest BCUT2D eigenvalue weighted by atomic mass is 16.2. The van der Waals surface area contributed by atoms with Gasteiger partial charge in [-0.2, -0.15) is 0 Å². The Labute approximate surface area is 88.9 Å². The van der Waals surface area contributed by atoms with Gasteiger partial charge in [-0.3, -0.25) is 4.98 Å². The molecule has 1 heterocycles. The van der Waals surface area contributed by atoms with Crippen LogP contribution in [-0.4, -0.2) is 16.7 Å². The number of fused-ring (bicyclic) bond motifs is 1. The molecule has 1 aromatic heterocycles. The largest absolute Gasteiger partial charge is 0.396 e. The summed E-state index contributed by atoms with van der Waals surface area (Å²) in [6.45, 7) is 0.200. The number of hydrogen-bond donors (Lipinski definition) is 1. The van der Waals surface area contributed by atoms with Crippen LogP contribution in [0.2, 0.25) is 0 Å². The molecule has 0 saturated heterocycles. The molecule has 0 atom stereocenters. The molecule has 0 aliphatic rings. The topological polar surface area (TPSA) is 33.1 Å². The summed E-state index contributed by atoms with van der Waals surface area (Å²) in [5, 5.41) is 9.80. The molecule has 1 aromatic carbocycles. The van der Waals surface area contributed by atoms with Gasteiger partial charge in [0.05, 0.1) is 5.52 Å². The van der Waals surface area contributed by atoms with Crippen molar-refractivity contribution < 1.29 is 5.11 Å². The summed E-state index contributed by atoms with van der Waals surface area (Å²) in [7, 11) is 0. The molecule has 0 amide bonds. The Morgan fingerprint density at radius 2 is 2.20 bits per heavy atom. The maximum absolute atomic E-state index is 8.65. The van der Waals surface area contributed by atoms with Crippen molar-refractivity contribution in [1.29, 1.82) is 0 Å². The quantitative estimate of drug-likeness (QED) is 0.824. The fourth-order valence-corrected chi connectivity index (χ4v) is 1.49. The van der Waals surface area contributed by atoms with Crippen LogP contribution in [0, 0.1) is 0 Å². The highest BCUT2D eigenvalue weighted by Gasteiger charge is 1.93. The normalized spacial score (nSPS) is 11.3. The molecule has 15 heavy (non-hydrogen) atoms. The van der Waals surface area contributed by atoms with Crippen molar-refractivity contribution in [2.45, 2.75) is 6.42 Å². The number of hydrogen-bond acceptors (Lipinski definition) is 2. The first-order chi connectivity index (χ1) is 7.40. The molecule has 2 heteroatoms. The molecule has 0 unspecified atom stereocenters. The molecule has 0 aliphatic heterocycles. The zero-order valence-electron chi connectivity index (χ0n) is 8.43. The van der Waals surface area contributed by atoms with E-state index in [4.69, 9.17) is 5.11 Å². The maximum Gasteiger partial charge on any atom is 0.0702 e. The van der Waals surface area contributed by atoms with E-state index in [1.165, 1.54) is 0 Å². The van der Waals surface area contributed by atoms with Crippen molar-refractivity contribution in [3.63, 3.8) is 0 Å². The zero-order chi connectivity index (χ0) is 10.5. The lowest BCUT2D eigenvalue weighted by Crippen LogP contribution is -1.79. The van der Waals surface area contributed by atoms with Crippen LogP contribution in [-0.2, 0) is 0 Å². The van der Waals surface area contributed by atoms with E-state index in [1.54, 1.807) is 6.20 Å². The predicted molar refractivity (Wildman–Crippen MR) is 62.5 cm³/mol. The molecule has 0 bridgehead atoms. The summed E-state index contributed by atoms with van der Waals surface area (Å²) in [5.74, 6) is 0. The standard InChI is InChI=1S/C13H13NO/c15-9-2-1-4-11-6-7-13-12(10-11)5-3-8-14-13/h1,3-8,10,15H,2,9H2/b4-1+. The number of pyridine rings is 1. The Balaban J connectivity index is 2.30. The van der Waals surface area contributed by atoms with Gasteiger partial charge in [0.15, 0.2) is 0 Å². The average Bonchev–Trinajstić information content (AvgIpc) is 2.29. The Kier molecular flexibility index (Phi) is 3.10. The molecular weight excluding hydrogens is 186 g/mol. The first-order valence-electron chi connectivity index (χ1n) is 5.02. The Morgan fingerprint density at radius 1 is 1.27 bits per heavy atom. The van der Waals surface area contributed by atoms with E-state index in [-0.39, 0.29) is 6.61 Å². The monoisotopic (exact) mass is 199 g/mol. The zero-order valence-corrected chi connectivity index (χ0v) is 8.43. The number of benzene rings is 1. The third-order valence-corrected chi connectivity index (χ3v) is 2.23. The second kappa shape index (κ2) is 4.71. The third-order valence-electron chi connectivity index (χ3n) is 2.23. The average molecular weight is 199 g/mol. The van der Waals surface area contributed by atoms with Gasteiger partial charge in [0.25, 0.3) is 0 Å². The van der Waals surface area contributed by atoms with Crippen LogP contribution in [0.5, 0.6) is 0 Å². The van der Waals surface area contributed by atoms with E-state index in [2.05, 4.69) is 11.1 Å². The molecule has 1 N–H and O–H groups in total. The Morgan fingerprint density at radius 3 is 3.07 bits per heavy atom. The van der Waals surface area contributed by atoms with Crippen LogP contribution < -0.4 is 0 Å². The van der Waals surface area contributed by atoms with Crippen LogP contribution >= 0.6 is 0 Å². The van der Waals surface area contributed by atoms with Gasteiger partial charge < -0.3 is 5.11 Å². The van der Waals surface area contributed by atoms with Crippen LogP contribution in [0.1, 0.15) is 12.0 Å². The summed E-state index contributed by atoms with van der Waals surface area (Å²) < 4.78 is 0. The van der Waals surface area contributed by atoms with Crippen LogP contribution in [0.4, 0.5) is 0 Å². The predicted octanol–water partition coefficient (Wildman–Crippen LogP) is 2.63. The van der Waals surface area contributed by atoms with Gasteiger partial charge in [-0.05, 0) is 30.2 Å². The van der Waals surface area contributed by atoms with E-state index in [9.17, 15) is 0 Å². The van der Waals surface area contributed by atoms with Gasteiger partial charge in [0, 0.05) is 18.2 Å². The molecule has 0 aliphatic carbocycles. The fourth-order valence-electron chi connectivity index (χ4n) is 1.49. The van der Waals surface area contributed by atoms with Gasteiger partial charge in [-0.25, -0.2) is 0 Å². The van der Waals surface area contributed by atoms with Crippen molar-refractivity contribution in [2.75, 3.05) is 6.61 Å². The van der Waals surface area contributed by atoms with E-state index in [1.807, 2.05) is 36.4 Å². The first-order valence-corrected chi connectivity index (χ1v) is 5.02. The minimum Gasteiger partial charge on any atom is -0.396 e. The van der Waals surface area contributed by atoms with Gasteiger partial charge in [0.2, 0.25) is 0 Å². The molecule has 2 rings (SSSR count). The van der Waals surface area contributed by atoms with Gasteiger partial charge in [0.1, 0.15) is 0 Å². The number of aliphatic hydroxyl groups excluding tert-OH is 1. The van der Waals surface area contributed by atoms with Crippen molar-refractivity contribution in [3.8, 4) is 0 Å². The second-order valence-electron chi connectivity index (χ2n) is 3.37. The van der Waals surface area contributed by atoms with Crippen molar-refractivity contribution in [1.82, 2.24) is 4.98 Å². The van der Waals surface area contributed by atoms with Crippen LogP contribution in [0.3, 0.4) is 0 Å². The molecule has 2 nitrogen and oxygen atoms in total. The van der Waals surface area contributed by atoms with Crippen molar-refractivity contribution in [3.05, 3.63) is 48.2 Å². The lowest BCUT2D eigenvalue weighted by molar-refractivity contribution is 0.303. The Hall–Kier alpha value is -1.67. The molecule has 0 saturated carbocycles. The van der Waals surface area contributed by atoms with E-state index in [0.717, 1.165) is 16.5 Å². The SMILES string of the molecule is OCC/C=C/c1ccc2ncccc2c1. The lowest BCUT2D eigenvalue weighted by Gasteiger charge is -1.98. The van der Waals surface area contributed by atoms with E-state index >= 15 is 0 Å². The van der Waals surface area contributed by atoms with Gasteiger partial charge in [-0.1, -0.05) is 24.3 Å². The minimum absolute atomic E-state index is 0.200. The highest BCUT2D eigenvalue weighted by Crippen LogP contribution is 2.14. The first kappa shape index (κ1) is 9.87. The van der Waals surface area contributed by atoms with Crippen LogP contribution in [0.15, 0.2) is 42.6 Å². The third kappa shape index (κ3) is 2.42. The minimum atomic E-state index is 0.200. The molecule has 76 valence electrons. The second-order valence-corrected chi connectivity index (χ2v) is 3.37. The number of aromatic nitrogens is 1. The number of nitrogens with zero attached hydrogens (tertiary/aromatic N) is 1. The summed E-state index contributed by atoms with van der Waals surface area (Å²) in [4.78, 5) is 4.25. The van der Waals surface area contributed by atoms with E-state index in [0.29, 0.717) is 6.42 Å².